The Morgan fingerprint density at radius 2 is 0.829 bits per heavy atom. The zero-order valence-electron chi connectivity index (χ0n) is 45.9. The van der Waals surface area contributed by atoms with Gasteiger partial charge in [0.15, 0.2) is 0 Å². The van der Waals surface area contributed by atoms with Crippen LogP contribution in [0.4, 0.5) is 17.1 Å². The molecule has 0 amide bonds. The van der Waals surface area contributed by atoms with E-state index in [0.717, 1.165) is 59.8 Å². The van der Waals surface area contributed by atoms with Crippen LogP contribution in [-0.2, 0) is 12.8 Å². The first kappa shape index (κ1) is 46.7. The minimum absolute atomic E-state index is 1.01. The van der Waals surface area contributed by atoms with Gasteiger partial charge in [-0.25, -0.2) is 0 Å². The lowest BCUT2D eigenvalue weighted by atomic mass is 9.88. The van der Waals surface area contributed by atoms with Crippen molar-refractivity contribution in [3.05, 3.63) is 277 Å². The molecule has 0 atom stereocenters. The van der Waals surface area contributed by atoms with Crippen LogP contribution in [0, 0.1) is 0 Å². The molecule has 0 aliphatic heterocycles. The Balaban J connectivity index is 0.853. The molecule has 2 aliphatic carbocycles. The van der Waals surface area contributed by atoms with Gasteiger partial charge in [0.2, 0.25) is 0 Å². The summed E-state index contributed by atoms with van der Waals surface area (Å²) in [5, 5.41) is 16.7. The molecule has 3 heterocycles. The Morgan fingerprint density at radius 3 is 1.39 bits per heavy atom. The SMILES string of the molecule is C/C=C\C1=C(C)c2c(c3c4ccccc4ccc3n2-c2ccc(N(c3ccc(-n4c5ccc6ccccc6c5c5ccc6c(c54)CCC=C6)cc3)c3ccc(-n4c5ccc6ccccc6c5c5ccc6ccccc6c54)cc3)cc2)CC1. The lowest BCUT2D eigenvalue weighted by Crippen LogP contribution is -2.11. The molecule has 0 bridgehead atoms. The molecule has 4 nitrogen and oxygen atoms in total. The molecule has 17 rings (SSSR count). The predicted molar refractivity (Wildman–Crippen MR) is 350 cm³/mol. The Bertz CT molecular complexity index is 5270. The van der Waals surface area contributed by atoms with Gasteiger partial charge in [0.25, 0.3) is 0 Å². The number of aryl methyl sites for hydroxylation is 2. The van der Waals surface area contributed by atoms with Crippen LogP contribution >= 0.6 is 0 Å². The number of hydrogen-bond donors (Lipinski definition) is 0. The van der Waals surface area contributed by atoms with Crippen LogP contribution in [0.1, 0.15) is 49.1 Å². The smallest absolute Gasteiger partial charge is 0.0619 e. The molecule has 2 aliphatic rings. The van der Waals surface area contributed by atoms with Crippen LogP contribution in [0.2, 0.25) is 0 Å². The van der Waals surface area contributed by atoms with Crippen molar-refractivity contribution in [3.8, 4) is 17.1 Å². The highest BCUT2D eigenvalue weighted by Gasteiger charge is 2.27. The number of hydrogen-bond acceptors (Lipinski definition) is 1. The fraction of sp³-hybridized carbons (Fsp3) is 0.0769. The normalized spacial score (nSPS) is 13.6. The van der Waals surface area contributed by atoms with Crippen LogP contribution in [-0.4, -0.2) is 13.7 Å². The average Bonchev–Trinajstić information content (AvgIpc) is 3.44. The minimum atomic E-state index is 1.01. The highest BCUT2D eigenvalue weighted by Crippen LogP contribution is 2.47. The van der Waals surface area contributed by atoms with Crippen molar-refractivity contribution in [2.24, 2.45) is 0 Å². The highest BCUT2D eigenvalue weighted by atomic mass is 15.1. The van der Waals surface area contributed by atoms with Crippen molar-refractivity contribution in [3.63, 3.8) is 0 Å². The number of aromatic nitrogens is 3. The summed E-state index contributed by atoms with van der Waals surface area (Å²) in [6, 6.07) is 86.5. The van der Waals surface area contributed by atoms with E-state index in [4.69, 9.17) is 0 Å². The zero-order valence-corrected chi connectivity index (χ0v) is 45.9. The predicted octanol–water partition coefficient (Wildman–Crippen LogP) is 21.2. The van der Waals surface area contributed by atoms with Gasteiger partial charge >= 0.3 is 0 Å². The maximum Gasteiger partial charge on any atom is 0.0619 e. The maximum absolute atomic E-state index is 2.54. The van der Waals surface area contributed by atoms with E-state index in [-0.39, 0.29) is 0 Å². The van der Waals surface area contributed by atoms with Crippen LogP contribution in [0.25, 0.3) is 126 Å². The molecule has 82 heavy (non-hydrogen) atoms. The van der Waals surface area contributed by atoms with Gasteiger partial charge in [-0.3, -0.25) is 0 Å². The summed E-state index contributed by atoms with van der Waals surface area (Å²) in [7, 11) is 0. The first-order chi connectivity index (χ1) is 40.6. The van der Waals surface area contributed by atoms with Crippen molar-refractivity contribution in [1.29, 1.82) is 0 Å². The molecule has 12 aromatic carbocycles. The van der Waals surface area contributed by atoms with E-state index in [1.807, 2.05) is 0 Å². The summed E-state index contributed by atoms with van der Waals surface area (Å²) >= 11 is 0. The lowest BCUT2D eigenvalue weighted by Gasteiger charge is -2.27. The Morgan fingerprint density at radius 1 is 0.378 bits per heavy atom. The summed E-state index contributed by atoms with van der Waals surface area (Å²) in [4.78, 5) is 2.43. The molecule has 0 saturated heterocycles. The molecule has 4 heteroatoms. The average molecular weight is 1050 g/mol. The summed E-state index contributed by atoms with van der Waals surface area (Å²) in [6.07, 6.45) is 13.2. The summed E-state index contributed by atoms with van der Waals surface area (Å²) in [6.45, 7) is 4.46. The van der Waals surface area contributed by atoms with E-state index in [1.165, 1.54) is 131 Å². The number of anilines is 3. The number of allylic oxidation sites excluding steroid dienone is 5. The number of nitrogens with zero attached hydrogens (tertiary/aromatic N) is 4. The third-order valence-corrected chi connectivity index (χ3v) is 18.3. The van der Waals surface area contributed by atoms with Crippen molar-refractivity contribution in [2.45, 2.75) is 39.5 Å². The van der Waals surface area contributed by atoms with Crippen LogP contribution in [0.5, 0.6) is 0 Å². The van der Waals surface area contributed by atoms with Crippen molar-refractivity contribution in [1.82, 2.24) is 13.7 Å². The second-order valence-electron chi connectivity index (χ2n) is 22.6. The minimum Gasteiger partial charge on any atom is -0.310 e. The summed E-state index contributed by atoms with van der Waals surface area (Å²) in [5.74, 6) is 0. The number of benzene rings is 12. The second-order valence-corrected chi connectivity index (χ2v) is 22.6. The molecular formula is C78H56N4. The molecule has 0 saturated carbocycles. The van der Waals surface area contributed by atoms with E-state index in [1.54, 1.807) is 0 Å². The lowest BCUT2D eigenvalue weighted by molar-refractivity contribution is 0.922. The molecule has 0 spiro atoms. The van der Waals surface area contributed by atoms with Gasteiger partial charge in [-0.15, -0.1) is 0 Å². The second kappa shape index (κ2) is 18.2. The van der Waals surface area contributed by atoms with E-state index in [9.17, 15) is 0 Å². The van der Waals surface area contributed by atoms with Crippen LogP contribution in [0.3, 0.4) is 0 Å². The molecule has 0 fully saturated rings. The first-order valence-corrected chi connectivity index (χ1v) is 29.1. The largest absolute Gasteiger partial charge is 0.310 e. The Hall–Kier alpha value is -10.2. The zero-order chi connectivity index (χ0) is 54.2. The molecule has 0 N–H and O–H groups in total. The summed E-state index contributed by atoms with van der Waals surface area (Å²) in [5.41, 5.74) is 21.2. The van der Waals surface area contributed by atoms with Crippen LogP contribution in [0.15, 0.2) is 254 Å². The van der Waals surface area contributed by atoms with E-state index in [2.05, 4.69) is 287 Å². The van der Waals surface area contributed by atoms with E-state index >= 15 is 0 Å². The van der Waals surface area contributed by atoms with Crippen molar-refractivity contribution in [2.75, 3.05) is 4.90 Å². The molecule has 3 aromatic heterocycles. The van der Waals surface area contributed by atoms with Gasteiger partial charge in [0.05, 0.1) is 33.3 Å². The highest BCUT2D eigenvalue weighted by molar-refractivity contribution is 6.26. The van der Waals surface area contributed by atoms with Gasteiger partial charge in [0, 0.05) is 66.4 Å². The molecule has 0 radical (unpaired) electrons. The third-order valence-electron chi connectivity index (χ3n) is 18.3. The van der Waals surface area contributed by atoms with E-state index in [0.29, 0.717) is 0 Å². The maximum atomic E-state index is 2.54. The van der Waals surface area contributed by atoms with Crippen LogP contribution < -0.4 is 4.90 Å². The number of fused-ring (bicyclic) bond motifs is 19. The van der Waals surface area contributed by atoms with Gasteiger partial charge in [-0.2, -0.15) is 0 Å². The van der Waals surface area contributed by atoms with Gasteiger partial charge in [-0.1, -0.05) is 164 Å². The quantitative estimate of drug-likeness (QED) is 0.156. The van der Waals surface area contributed by atoms with Gasteiger partial charge in [0.1, 0.15) is 0 Å². The Labute approximate surface area is 475 Å². The third kappa shape index (κ3) is 6.85. The monoisotopic (exact) mass is 1050 g/mol. The molecule has 15 aromatic rings. The van der Waals surface area contributed by atoms with Crippen molar-refractivity contribution < 1.29 is 0 Å². The summed E-state index contributed by atoms with van der Waals surface area (Å²) < 4.78 is 7.56. The topological polar surface area (TPSA) is 18.0 Å². The first-order valence-electron chi connectivity index (χ1n) is 29.1. The Kier molecular flexibility index (Phi) is 10.4. The van der Waals surface area contributed by atoms with Gasteiger partial charge < -0.3 is 18.6 Å². The van der Waals surface area contributed by atoms with Crippen molar-refractivity contribution >= 4 is 126 Å². The van der Waals surface area contributed by atoms with Gasteiger partial charge in [-0.05, 0) is 196 Å². The molecule has 388 valence electrons. The number of rotatable bonds is 7. The fourth-order valence-corrected chi connectivity index (χ4v) is 14.7. The van der Waals surface area contributed by atoms with E-state index < -0.39 is 0 Å². The molecule has 0 unspecified atom stereocenters. The molecular weight excluding hydrogens is 993 g/mol. The standard InChI is InChI=1S/C78H56N4/c1-3-14-50-25-43-67-73-62-20-9-4-15-51(62)28-46-70(73)80(76(67)49(50)2)59-37-31-56(32-38-59)79(57-33-39-60(40-34-57)81-71-47-29-52-16-5-10-21-63(52)74(71)68-44-26-54-18-7-12-23-65(54)77(68)81)58-35-41-61(42-36-58)82-72-48-30-53-17-6-11-22-64(53)75(72)69-45-27-55-19-8-13-24-66(55)78(69)82/h3-12,14-23,26-42,44-48H,13,24-25,43H2,1-2H3/b14-3-. The fourth-order valence-electron chi connectivity index (χ4n) is 14.7.